The van der Waals surface area contributed by atoms with Crippen LogP contribution in [0.1, 0.15) is 30.0 Å². The molecule has 0 bridgehead atoms. The fraction of sp³-hybridized carbons (Fsp3) is 0.400. The first-order valence-electron chi connectivity index (χ1n) is 6.60. The zero-order valence-electron chi connectivity index (χ0n) is 11.9. The van der Waals surface area contributed by atoms with Gasteiger partial charge in [-0.15, -0.1) is 0 Å². The lowest BCUT2D eigenvalue weighted by molar-refractivity contribution is 0.171. The average molecular weight is 295 g/mol. The van der Waals surface area contributed by atoms with Gasteiger partial charge < -0.3 is 9.84 Å². The molecule has 0 aliphatic carbocycles. The number of aliphatic hydroxyl groups excluding tert-OH is 1. The molecule has 0 saturated heterocycles. The van der Waals surface area contributed by atoms with Crippen LogP contribution in [0.5, 0.6) is 5.75 Å². The van der Waals surface area contributed by atoms with Crippen molar-refractivity contribution in [2.24, 2.45) is 0 Å². The molecule has 2 aromatic rings. The van der Waals surface area contributed by atoms with Crippen LogP contribution >= 0.6 is 11.6 Å². The van der Waals surface area contributed by atoms with Crippen LogP contribution in [0.2, 0.25) is 5.02 Å². The predicted octanol–water partition coefficient (Wildman–Crippen LogP) is 3.15. The minimum Gasteiger partial charge on any atom is -0.496 e. The van der Waals surface area contributed by atoms with Gasteiger partial charge in [0.15, 0.2) is 0 Å². The third-order valence-electron chi connectivity index (χ3n) is 3.24. The monoisotopic (exact) mass is 294 g/mol. The van der Waals surface area contributed by atoms with Crippen molar-refractivity contribution >= 4 is 11.6 Å². The Balaban J connectivity index is 2.27. The quantitative estimate of drug-likeness (QED) is 0.921. The molecule has 0 fully saturated rings. The molecule has 1 aromatic carbocycles. The van der Waals surface area contributed by atoms with Crippen molar-refractivity contribution in [3.05, 3.63) is 46.2 Å². The highest BCUT2D eigenvalue weighted by molar-refractivity contribution is 6.30. The second-order valence-electron chi connectivity index (χ2n) is 4.70. The van der Waals surface area contributed by atoms with E-state index in [2.05, 4.69) is 5.10 Å². The van der Waals surface area contributed by atoms with E-state index in [-0.39, 0.29) is 0 Å². The largest absolute Gasteiger partial charge is 0.496 e. The topological polar surface area (TPSA) is 47.3 Å². The number of aromatic nitrogens is 2. The molecule has 4 nitrogen and oxygen atoms in total. The van der Waals surface area contributed by atoms with Gasteiger partial charge in [-0.05, 0) is 38.1 Å². The third-order valence-corrected chi connectivity index (χ3v) is 3.47. The highest BCUT2D eigenvalue weighted by Crippen LogP contribution is 2.30. The Labute approximate surface area is 123 Å². The minimum absolute atomic E-state index is 0.478. The molecule has 0 radical (unpaired) electrons. The second kappa shape index (κ2) is 6.29. The number of aryl methyl sites for hydroxylation is 2. The number of rotatable bonds is 5. The van der Waals surface area contributed by atoms with Crippen LogP contribution in [0.25, 0.3) is 0 Å². The Morgan fingerprint density at radius 1 is 1.40 bits per heavy atom. The molecule has 1 unspecified atom stereocenters. The Kier molecular flexibility index (Phi) is 4.68. The van der Waals surface area contributed by atoms with Gasteiger partial charge in [0.2, 0.25) is 0 Å². The highest BCUT2D eigenvalue weighted by atomic mass is 35.5. The predicted molar refractivity (Wildman–Crippen MR) is 79.3 cm³/mol. The van der Waals surface area contributed by atoms with Gasteiger partial charge in [-0.1, -0.05) is 11.6 Å². The summed E-state index contributed by atoms with van der Waals surface area (Å²) < 4.78 is 7.18. The van der Waals surface area contributed by atoms with Crippen molar-refractivity contribution in [2.75, 3.05) is 7.11 Å². The Morgan fingerprint density at radius 3 is 2.80 bits per heavy atom. The standard InChI is InChI=1S/C15H19ClN2O2/c1-4-18-12(7-10(2)17-18)9-14(19)13-8-11(16)5-6-15(13)20-3/h5-8,14,19H,4,9H2,1-3H3. The number of ether oxygens (including phenoxy) is 1. The molecule has 0 amide bonds. The molecule has 0 aliphatic heterocycles. The number of benzene rings is 1. The molecule has 0 aliphatic rings. The molecule has 1 heterocycles. The van der Waals surface area contributed by atoms with E-state index < -0.39 is 6.10 Å². The van der Waals surface area contributed by atoms with Crippen molar-refractivity contribution < 1.29 is 9.84 Å². The lowest BCUT2D eigenvalue weighted by Crippen LogP contribution is -2.09. The highest BCUT2D eigenvalue weighted by Gasteiger charge is 2.17. The Morgan fingerprint density at radius 2 is 2.15 bits per heavy atom. The van der Waals surface area contributed by atoms with Crippen LogP contribution in [0.3, 0.4) is 0 Å². The molecule has 0 spiro atoms. The van der Waals surface area contributed by atoms with Gasteiger partial charge in [-0.25, -0.2) is 0 Å². The number of hydrogen-bond donors (Lipinski definition) is 1. The van der Waals surface area contributed by atoms with Crippen molar-refractivity contribution in [2.45, 2.75) is 32.9 Å². The molecule has 20 heavy (non-hydrogen) atoms. The number of halogens is 1. The lowest BCUT2D eigenvalue weighted by atomic mass is 10.0. The summed E-state index contributed by atoms with van der Waals surface area (Å²) in [6, 6.07) is 7.24. The third kappa shape index (κ3) is 3.14. The summed E-state index contributed by atoms with van der Waals surface area (Å²) in [5.74, 6) is 0.640. The van der Waals surface area contributed by atoms with Crippen molar-refractivity contribution in [3.63, 3.8) is 0 Å². The SMILES string of the molecule is CCn1nc(C)cc1CC(O)c1cc(Cl)ccc1OC. The molecular formula is C15H19ClN2O2. The molecule has 5 heteroatoms. The normalized spacial score (nSPS) is 12.4. The van der Waals surface area contributed by atoms with Gasteiger partial charge in [0.1, 0.15) is 5.75 Å². The first kappa shape index (κ1) is 14.9. The first-order chi connectivity index (χ1) is 9.55. The van der Waals surface area contributed by atoms with Crippen LogP contribution in [0.4, 0.5) is 0 Å². The van der Waals surface area contributed by atoms with Gasteiger partial charge in [-0.3, -0.25) is 4.68 Å². The minimum atomic E-state index is -0.676. The number of aliphatic hydroxyl groups is 1. The van der Waals surface area contributed by atoms with E-state index in [0.717, 1.165) is 17.9 Å². The van der Waals surface area contributed by atoms with E-state index >= 15 is 0 Å². The second-order valence-corrected chi connectivity index (χ2v) is 5.14. The smallest absolute Gasteiger partial charge is 0.124 e. The summed E-state index contributed by atoms with van der Waals surface area (Å²) in [5, 5.41) is 15.4. The summed E-state index contributed by atoms with van der Waals surface area (Å²) in [4.78, 5) is 0. The molecular weight excluding hydrogens is 276 g/mol. The van der Waals surface area contributed by atoms with Gasteiger partial charge >= 0.3 is 0 Å². The zero-order chi connectivity index (χ0) is 14.7. The van der Waals surface area contributed by atoms with Gasteiger partial charge in [-0.2, -0.15) is 5.10 Å². The maximum atomic E-state index is 10.5. The lowest BCUT2D eigenvalue weighted by Gasteiger charge is -2.15. The van der Waals surface area contributed by atoms with Crippen LogP contribution in [-0.2, 0) is 13.0 Å². The van der Waals surface area contributed by atoms with Crippen LogP contribution < -0.4 is 4.74 Å². The maximum absolute atomic E-state index is 10.5. The number of hydrogen-bond acceptors (Lipinski definition) is 3. The van der Waals surface area contributed by atoms with E-state index in [4.69, 9.17) is 16.3 Å². The molecule has 2 rings (SSSR count). The van der Waals surface area contributed by atoms with Crippen LogP contribution in [-0.4, -0.2) is 22.0 Å². The fourth-order valence-corrected chi connectivity index (χ4v) is 2.49. The van der Waals surface area contributed by atoms with E-state index in [0.29, 0.717) is 22.8 Å². The zero-order valence-corrected chi connectivity index (χ0v) is 12.7. The van der Waals surface area contributed by atoms with Crippen molar-refractivity contribution in [3.8, 4) is 5.75 Å². The van der Waals surface area contributed by atoms with Gasteiger partial charge in [0, 0.05) is 29.2 Å². The maximum Gasteiger partial charge on any atom is 0.124 e. The van der Waals surface area contributed by atoms with E-state index in [1.165, 1.54) is 0 Å². The van der Waals surface area contributed by atoms with E-state index in [1.54, 1.807) is 25.3 Å². The summed E-state index contributed by atoms with van der Waals surface area (Å²) in [7, 11) is 1.58. The Bertz CT molecular complexity index is 596. The molecule has 0 saturated carbocycles. The Hall–Kier alpha value is -1.52. The molecule has 1 N–H and O–H groups in total. The summed E-state index contributed by atoms with van der Waals surface area (Å²) in [5.41, 5.74) is 2.65. The van der Waals surface area contributed by atoms with Crippen LogP contribution in [0, 0.1) is 6.92 Å². The molecule has 1 aromatic heterocycles. The summed E-state index contributed by atoms with van der Waals surface area (Å²) in [6.07, 6.45) is -0.198. The fourth-order valence-electron chi connectivity index (χ4n) is 2.31. The molecule has 108 valence electrons. The van der Waals surface area contributed by atoms with E-state index in [1.807, 2.05) is 24.6 Å². The van der Waals surface area contributed by atoms with Gasteiger partial charge in [0.05, 0.1) is 18.9 Å². The first-order valence-corrected chi connectivity index (χ1v) is 6.97. The number of nitrogens with zero attached hydrogens (tertiary/aromatic N) is 2. The summed E-state index contributed by atoms with van der Waals surface area (Å²) in [6.45, 7) is 4.76. The summed E-state index contributed by atoms with van der Waals surface area (Å²) >= 11 is 6.00. The average Bonchev–Trinajstić information content (AvgIpc) is 2.78. The van der Waals surface area contributed by atoms with Crippen molar-refractivity contribution in [1.29, 1.82) is 0 Å². The van der Waals surface area contributed by atoms with Gasteiger partial charge in [0.25, 0.3) is 0 Å². The van der Waals surface area contributed by atoms with Crippen molar-refractivity contribution in [1.82, 2.24) is 9.78 Å². The van der Waals surface area contributed by atoms with E-state index in [9.17, 15) is 5.11 Å². The number of methoxy groups -OCH3 is 1. The molecule has 1 atom stereocenters. The van der Waals surface area contributed by atoms with Crippen LogP contribution in [0.15, 0.2) is 24.3 Å².